The molecule has 102 valence electrons. The summed E-state index contributed by atoms with van der Waals surface area (Å²) < 4.78 is 10.9. The molecule has 0 aromatic heterocycles. The largest absolute Gasteiger partial charge is 0.497 e. The Bertz CT molecular complexity index is 636. The van der Waals surface area contributed by atoms with E-state index in [1.807, 2.05) is 30.3 Å². The van der Waals surface area contributed by atoms with Gasteiger partial charge in [-0.15, -0.1) is 0 Å². The van der Waals surface area contributed by atoms with Gasteiger partial charge in [0.25, 0.3) is 0 Å². The van der Waals surface area contributed by atoms with Gasteiger partial charge >= 0.3 is 0 Å². The first-order valence-electron chi connectivity index (χ1n) is 6.32. The van der Waals surface area contributed by atoms with Crippen LogP contribution in [0.1, 0.15) is 22.0 Å². The van der Waals surface area contributed by atoms with E-state index >= 15 is 0 Å². The van der Waals surface area contributed by atoms with Crippen molar-refractivity contribution in [1.29, 1.82) is 0 Å². The van der Waals surface area contributed by atoms with Crippen molar-refractivity contribution in [3.8, 4) is 11.5 Å². The number of carbonyl (C=O) groups excluding carboxylic acids is 1. The molecule has 3 rings (SSSR count). The summed E-state index contributed by atoms with van der Waals surface area (Å²) in [5, 5.41) is 10.2. The van der Waals surface area contributed by atoms with Gasteiger partial charge in [0.1, 0.15) is 11.5 Å². The molecule has 1 aliphatic heterocycles. The molecule has 0 fully saturated rings. The highest BCUT2D eigenvalue weighted by Crippen LogP contribution is 2.37. The maximum Gasteiger partial charge on any atom is 0.199 e. The monoisotopic (exact) mass is 270 g/mol. The Morgan fingerprint density at radius 2 is 1.90 bits per heavy atom. The standard InChI is InChI=1S/C16H14O4/c1-19-11-7-8-12-13(9-11)20-16(15(18)14(12)17)10-5-3-2-4-6-10/h2-9,15-16,18H,1H3/t15-,16+/m1/s1. The molecule has 0 spiro atoms. The van der Waals surface area contributed by atoms with Gasteiger partial charge in [0.2, 0.25) is 0 Å². The molecule has 0 saturated carbocycles. The number of benzene rings is 2. The number of ketones is 1. The SMILES string of the molecule is COc1ccc2c(c1)O[C@@H](c1ccccc1)[C@H](O)C2=O. The van der Waals surface area contributed by atoms with E-state index in [1.54, 1.807) is 25.3 Å². The minimum Gasteiger partial charge on any atom is -0.497 e. The van der Waals surface area contributed by atoms with E-state index in [2.05, 4.69) is 0 Å². The zero-order valence-corrected chi connectivity index (χ0v) is 10.9. The van der Waals surface area contributed by atoms with E-state index in [9.17, 15) is 9.90 Å². The van der Waals surface area contributed by atoms with E-state index in [0.29, 0.717) is 17.1 Å². The van der Waals surface area contributed by atoms with Crippen molar-refractivity contribution in [3.05, 3.63) is 59.7 Å². The Kier molecular flexibility index (Phi) is 3.16. The number of aliphatic hydroxyl groups is 1. The maximum absolute atomic E-state index is 12.2. The Morgan fingerprint density at radius 1 is 1.15 bits per heavy atom. The second-order valence-electron chi connectivity index (χ2n) is 4.62. The Morgan fingerprint density at radius 3 is 2.60 bits per heavy atom. The molecule has 0 saturated heterocycles. The lowest BCUT2D eigenvalue weighted by Gasteiger charge is -2.29. The Hall–Kier alpha value is -2.33. The van der Waals surface area contributed by atoms with Crippen LogP contribution < -0.4 is 9.47 Å². The van der Waals surface area contributed by atoms with Crippen LogP contribution in [0.2, 0.25) is 0 Å². The van der Waals surface area contributed by atoms with Crippen molar-refractivity contribution >= 4 is 5.78 Å². The molecule has 1 N–H and O–H groups in total. The van der Waals surface area contributed by atoms with Gasteiger partial charge in [-0.2, -0.15) is 0 Å². The predicted octanol–water partition coefficient (Wildman–Crippen LogP) is 2.37. The highest BCUT2D eigenvalue weighted by atomic mass is 16.5. The van der Waals surface area contributed by atoms with Crippen molar-refractivity contribution in [3.63, 3.8) is 0 Å². The summed E-state index contributed by atoms with van der Waals surface area (Å²) in [6.45, 7) is 0. The van der Waals surface area contributed by atoms with Crippen LogP contribution >= 0.6 is 0 Å². The molecule has 0 bridgehead atoms. The molecular weight excluding hydrogens is 256 g/mol. The third kappa shape index (κ3) is 2.04. The Labute approximate surface area is 116 Å². The molecule has 0 aliphatic carbocycles. The van der Waals surface area contributed by atoms with Gasteiger partial charge in [-0.25, -0.2) is 0 Å². The van der Waals surface area contributed by atoms with E-state index < -0.39 is 12.2 Å². The minimum atomic E-state index is -1.20. The molecule has 0 unspecified atom stereocenters. The van der Waals surface area contributed by atoms with Gasteiger partial charge in [-0.1, -0.05) is 30.3 Å². The number of ether oxygens (including phenoxy) is 2. The van der Waals surface area contributed by atoms with Crippen molar-refractivity contribution < 1.29 is 19.4 Å². The van der Waals surface area contributed by atoms with Crippen LogP contribution in [0.3, 0.4) is 0 Å². The van der Waals surface area contributed by atoms with Crippen LogP contribution in [0.5, 0.6) is 11.5 Å². The van der Waals surface area contributed by atoms with E-state index in [-0.39, 0.29) is 5.78 Å². The van der Waals surface area contributed by atoms with Crippen LogP contribution in [0.15, 0.2) is 48.5 Å². The van der Waals surface area contributed by atoms with Crippen LogP contribution in [0.4, 0.5) is 0 Å². The summed E-state index contributed by atoms with van der Waals surface area (Å²) in [5.41, 5.74) is 1.15. The number of carbonyl (C=O) groups is 1. The summed E-state index contributed by atoms with van der Waals surface area (Å²) in [6, 6.07) is 14.2. The van der Waals surface area contributed by atoms with Crippen molar-refractivity contribution in [2.24, 2.45) is 0 Å². The first-order chi connectivity index (χ1) is 9.70. The normalized spacial score (nSPS) is 21.0. The van der Waals surface area contributed by atoms with Crippen molar-refractivity contribution in [2.75, 3.05) is 7.11 Å². The second kappa shape index (κ2) is 4.98. The second-order valence-corrected chi connectivity index (χ2v) is 4.62. The van der Waals surface area contributed by atoms with Gasteiger partial charge in [0, 0.05) is 6.07 Å². The van der Waals surface area contributed by atoms with Crippen LogP contribution in [0.25, 0.3) is 0 Å². The number of hydrogen-bond donors (Lipinski definition) is 1. The average molecular weight is 270 g/mol. The first kappa shape index (κ1) is 12.7. The molecule has 1 aliphatic rings. The number of Topliss-reactive ketones (excluding diaryl/α,β-unsaturated/α-hetero) is 1. The minimum absolute atomic E-state index is 0.331. The Balaban J connectivity index is 2.03. The van der Waals surface area contributed by atoms with Crippen LogP contribution in [-0.2, 0) is 0 Å². The lowest BCUT2D eigenvalue weighted by molar-refractivity contribution is 0.0215. The molecule has 2 aromatic rings. The maximum atomic E-state index is 12.2. The molecule has 4 heteroatoms. The molecule has 1 heterocycles. The molecule has 4 nitrogen and oxygen atoms in total. The smallest absolute Gasteiger partial charge is 0.199 e. The van der Waals surface area contributed by atoms with Crippen molar-refractivity contribution in [1.82, 2.24) is 0 Å². The number of fused-ring (bicyclic) bond motifs is 1. The summed E-state index contributed by atoms with van der Waals surface area (Å²) >= 11 is 0. The zero-order chi connectivity index (χ0) is 14.1. The number of aliphatic hydroxyl groups excluding tert-OH is 1. The van der Waals surface area contributed by atoms with Gasteiger partial charge < -0.3 is 14.6 Å². The van der Waals surface area contributed by atoms with Gasteiger partial charge in [0.15, 0.2) is 18.0 Å². The highest BCUT2D eigenvalue weighted by molar-refractivity contribution is 6.03. The number of rotatable bonds is 2. The van der Waals surface area contributed by atoms with Crippen LogP contribution in [0, 0.1) is 0 Å². The zero-order valence-electron chi connectivity index (χ0n) is 10.9. The molecule has 2 atom stereocenters. The van der Waals surface area contributed by atoms with E-state index in [4.69, 9.17) is 9.47 Å². The molecule has 20 heavy (non-hydrogen) atoms. The lowest BCUT2D eigenvalue weighted by Crippen LogP contribution is -2.36. The molecule has 2 aromatic carbocycles. The predicted molar refractivity (Wildman–Crippen MR) is 73.1 cm³/mol. The van der Waals surface area contributed by atoms with E-state index in [0.717, 1.165) is 5.56 Å². The third-order valence-electron chi connectivity index (χ3n) is 3.39. The fourth-order valence-corrected chi connectivity index (χ4v) is 2.32. The van der Waals surface area contributed by atoms with Gasteiger partial charge in [-0.3, -0.25) is 4.79 Å². The average Bonchev–Trinajstić information content (AvgIpc) is 2.51. The summed E-state index contributed by atoms with van der Waals surface area (Å²) in [7, 11) is 1.55. The summed E-state index contributed by atoms with van der Waals surface area (Å²) in [5.74, 6) is 0.719. The van der Waals surface area contributed by atoms with Crippen molar-refractivity contribution in [2.45, 2.75) is 12.2 Å². The molecule has 0 radical (unpaired) electrons. The highest BCUT2D eigenvalue weighted by Gasteiger charge is 2.36. The van der Waals surface area contributed by atoms with Crippen LogP contribution in [-0.4, -0.2) is 24.1 Å². The summed E-state index contributed by atoms with van der Waals surface area (Å²) in [4.78, 5) is 12.2. The number of hydrogen-bond acceptors (Lipinski definition) is 4. The fraction of sp³-hybridized carbons (Fsp3) is 0.188. The summed E-state index contributed by atoms with van der Waals surface area (Å²) in [6.07, 6.45) is -1.89. The quantitative estimate of drug-likeness (QED) is 0.910. The third-order valence-corrected chi connectivity index (χ3v) is 3.39. The van der Waals surface area contributed by atoms with Gasteiger partial charge in [-0.05, 0) is 17.7 Å². The topological polar surface area (TPSA) is 55.8 Å². The van der Waals surface area contributed by atoms with E-state index in [1.165, 1.54) is 0 Å². The number of methoxy groups -OCH3 is 1. The lowest BCUT2D eigenvalue weighted by atomic mass is 9.93. The first-order valence-corrected chi connectivity index (χ1v) is 6.32. The fourth-order valence-electron chi connectivity index (χ4n) is 2.32. The molecule has 0 amide bonds. The molecular formula is C16H14O4. The van der Waals surface area contributed by atoms with Gasteiger partial charge in [0.05, 0.1) is 12.7 Å².